The zero-order valence-electron chi connectivity index (χ0n) is 10.8. The fourth-order valence-corrected chi connectivity index (χ4v) is 2.70. The number of nitrogens with zero attached hydrogens (tertiary/aromatic N) is 2. The largest absolute Gasteiger partial charge is 0.399 e. The summed E-state index contributed by atoms with van der Waals surface area (Å²) in [6.07, 6.45) is 3.54. The van der Waals surface area contributed by atoms with Gasteiger partial charge in [0.05, 0.1) is 0 Å². The highest BCUT2D eigenvalue weighted by molar-refractivity contribution is 9.10. The lowest BCUT2D eigenvalue weighted by molar-refractivity contribution is 0.0980. The van der Waals surface area contributed by atoms with Crippen molar-refractivity contribution in [3.63, 3.8) is 0 Å². The fourth-order valence-electron chi connectivity index (χ4n) is 2.47. The molecule has 0 bridgehead atoms. The Morgan fingerprint density at radius 2 is 2.15 bits per heavy atom. The van der Waals surface area contributed by atoms with Gasteiger partial charge in [-0.15, -0.1) is 0 Å². The fraction of sp³-hybridized carbons (Fsp3) is 0.200. The van der Waals surface area contributed by atoms with Crippen LogP contribution in [-0.2, 0) is 6.42 Å². The zero-order valence-corrected chi connectivity index (χ0v) is 12.4. The lowest BCUT2D eigenvalue weighted by Crippen LogP contribution is -2.36. The van der Waals surface area contributed by atoms with E-state index in [-0.39, 0.29) is 5.91 Å². The van der Waals surface area contributed by atoms with Crippen LogP contribution in [0.15, 0.2) is 41.0 Å². The Morgan fingerprint density at radius 1 is 1.30 bits per heavy atom. The topological polar surface area (TPSA) is 59.2 Å². The number of pyridine rings is 1. The van der Waals surface area contributed by atoms with Crippen molar-refractivity contribution in [2.75, 3.05) is 17.2 Å². The number of nitrogens with two attached hydrogens (primary N) is 1. The average molecular weight is 332 g/mol. The summed E-state index contributed by atoms with van der Waals surface area (Å²) in [7, 11) is 0. The number of anilines is 2. The predicted molar refractivity (Wildman–Crippen MR) is 82.8 cm³/mol. The SMILES string of the molecule is Nc1ccc2c(c1)CCCN2C(=O)c1ccc(Br)cn1. The number of aromatic nitrogens is 1. The molecule has 2 heterocycles. The van der Waals surface area contributed by atoms with Crippen LogP contribution in [0, 0.1) is 0 Å². The average Bonchev–Trinajstić information content (AvgIpc) is 2.46. The van der Waals surface area contributed by atoms with Crippen molar-refractivity contribution >= 4 is 33.2 Å². The van der Waals surface area contributed by atoms with Gasteiger partial charge in [-0.1, -0.05) is 0 Å². The van der Waals surface area contributed by atoms with Crippen LogP contribution in [0.3, 0.4) is 0 Å². The monoisotopic (exact) mass is 331 g/mol. The highest BCUT2D eigenvalue weighted by atomic mass is 79.9. The number of nitrogen functional groups attached to an aromatic ring is 1. The van der Waals surface area contributed by atoms with Crippen LogP contribution < -0.4 is 10.6 Å². The molecule has 102 valence electrons. The third kappa shape index (κ3) is 2.41. The molecule has 0 saturated heterocycles. The van der Waals surface area contributed by atoms with Crippen molar-refractivity contribution in [1.82, 2.24) is 4.98 Å². The second-order valence-corrected chi connectivity index (χ2v) is 5.73. The first-order valence-electron chi connectivity index (χ1n) is 6.47. The Kier molecular flexibility index (Phi) is 3.44. The Hall–Kier alpha value is -1.88. The van der Waals surface area contributed by atoms with Crippen molar-refractivity contribution in [3.8, 4) is 0 Å². The van der Waals surface area contributed by atoms with E-state index in [0.29, 0.717) is 12.2 Å². The maximum atomic E-state index is 12.6. The first-order valence-corrected chi connectivity index (χ1v) is 7.26. The molecule has 0 atom stereocenters. The molecular formula is C15H14BrN3O. The van der Waals surface area contributed by atoms with Crippen molar-refractivity contribution in [2.24, 2.45) is 0 Å². The van der Waals surface area contributed by atoms with Gasteiger partial charge in [-0.3, -0.25) is 4.79 Å². The predicted octanol–water partition coefficient (Wildman–Crippen LogP) is 3.02. The van der Waals surface area contributed by atoms with Gasteiger partial charge >= 0.3 is 0 Å². The number of carbonyl (C=O) groups excluding carboxylic acids is 1. The van der Waals surface area contributed by atoms with Crippen molar-refractivity contribution in [3.05, 3.63) is 52.3 Å². The first-order chi connectivity index (χ1) is 9.65. The highest BCUT2D eigenvalue weighted by Gasteiger charge is 2.24. The molecule has 4 nitrogen and oxygen atoms in total. The molecule has 0 unspecified atom stereocenters. The standard InChI is InChI=1S/C15H14BrN3O/c16-11-3-5-13(18-9-11)15(20)19-7-1-2-10-8-12(17)4-6-14(10)19/h3-6,8-9H,1-2,7,17H2. The summed E-state index contributed by atoms with van der Waals surface area (Å²) in [6, 6.07) is 9.26. The Bertz CT molecular complexity index is 655. The number of rotatable bonds is 1. The maximum absolute atomic E-state index is 12.6. The van der Waals surface area contributed by atoms with Crippen LogP contribution in [0.25, 0.3) is 0 Å². The minimum atomic E-state index is -0.0665. The molecule has 1 aromatic carbocycles. The van der Waals surface area contributed by atoms with E-state index in [9.17, 15) is 4.79 Å². The number of aryl methyl sites for hydroxylation is 1. The van der Waals surface area contributed by atoms with Crippen LogP contribution in [0.4, 0.5) is 11.4 Å². The molecule has 5 heteroatoms. The molecule has 20 heavy (non-hydrogen) atoms. The summed E-state index contributed by atoms with van der Waals surface area (Å²) in [4.78, 5) is 18.5. The van der Waals surface area contributed by atoms with Gasteiger partial charge in [0.25, 0.3) is 5.91 Å². The number of benzene rings is 1. The third-order valence-electron chi connectivity index (χ3n) is 3.41. The smallest absolute Gasteiger partial charge is 0.276 e. The van der Waals surface area contributed by atoms with Gasteiger partial charge < -0.3 is 10.6 Å². The minimum absolute atomic E-state index is 0.0665. The number of hydrogen-bond acceptors (Lipinski definition) is 3. The van der Waals surface area contributed by atoms with Gasteiger partial charge in [0, 0.05) is 28.6 Å². The molecule has 2 N–H and O–H groups in total. The number of fused-ring (bicyclic) bond motifs is 1. The van der Waals surface area contributed by atoms with E-state index in [1.165, 1.54) is 0 Å². The number of halogens is 1. The molecule has 0 radical (unpaired) electrons. The van der Waals surface area contributed by atoms with Crippen LogP contribution in [-0.4, -0.2) is 17.4 Å². The highest BCUT2D eigenvalue weighted by Crippen LogP contribution is 2.29. The van der Waals surface area contributed by atoms with Gasteiger partial charge in [-0.05, 0) is 64.7 Å². The summed E-state index contributed by atoms with van der Waals surface area (Å²) in [6.45, 7) is 0.716. The van der Waals surface area contributed by atoms with E-state index in [2.05, 4.69) is 20.9 Å². The molecule has 0 aliphatic carbocycles. The van der Waals surface area contributed by atoms with Gasteiger partial charge in [0.2, 0.25) is 0 Å². The molecule has 3 rings (SSSR count). The van der Waals surface area contributed by atoms with Crippen molar-refractivity contribution in [1.29, 1.82) is 0 Å². The molecule has 1 amide bonds. The number of carbonyl (C=O) groups is 1. The molecule has 0 saturated carbocycles. The summed E-state index contributed by atoms with van der Waals surface area (Å²) < 4.78 is 0.862. The van der Waals surface area contributed by atoms with Gasteiger partial charge in [0.15, 0.2) is 0 Å². The molecule has 1 aromatic heterocycles. The van der Waals surface area contributed by atoms with E-state index >= 15 is 0 Å². The molecule has 1 aliphatic heterocycles. The van der Waals surface area contributed by atoms with Gasteiger partial charge in [0.1, 0.15) is 5.69 Å². The second kappa shape index (κ2) is 5.25. The van der Waals surface area contributed by atoms with Gasteiger partial charge in [-0.2, -0.15) is 0 Å². The Labute approximate surface area is 125 Å². The summed E-state index contributed by atoms with van der Waals surface area (Å²) in [5.41, 5.74) is 9.07. The van der Waals surface area contributed by atoms with Crippen LogP contribution in [0.1, 0.15) is 22.5 Å². The van der Waals surface area contributed by atoms with Crippen LogP contribution in [0.2, 0.25) is 0 Å². The Balaban J connectivity index is 1.96. The number of hydrogen-bond donors (Lipinski definition) is 1. The lowest BCUT2D eigenvalue weighted by atomic mass is 10.0. The van der Waals surface area contributed by atoms with Crippen LogP contribution >= 0.6 is 15.9 Å². The molecule has 0 fully saturated rings. The van der Waals surface area contributed by atoms with E-state index in [1.54, 1.807) is 17.2 Å². The van der Waals surface area contributed by atoms with Crippen molar-refractivity contribution < 1.29 is 4.79 Å². The molecule has 2 aromatic rings. The molecule has 0 spiro atoms. The zero-order chi connectivity index (χ0) is 14.1. The first kappa shape index (κ1) is 13.1. The quantitative estimate of drug-likeness (QED) is 0.817. The third-order valence-corrected chi connectivity index (χ3v) is 3.88. The van der Waals surface area contributed by atoms with Crippen molar-refractivity contribution in [2.45, 2.75) is 12.8 Å². The summed E-state index contributed by atoms with van der Waals surface area (Å²) in [5, 5.41) is 0. The normalized spacial score (nSPS) is 13.9. The maximum Gasteiger partial charge on any atom is 0.276 e. The van der Waals surface area contributed by atoms with Crippen LogP contribution in [0.5, 0.6) is 0 Å². The summed E-state index contributed by atoms with van der Waals surface area (Å²) >= 11 is 3.32. The summed E-state index contributed by atoms with van der Waals surface area (Å²) in [5.74, 6) is -0.0665. The number of amides is 1. The van der Waals surface area contributed by atoms with E-state index < -0.39 is 0 Å². The second-order valence-electron chi connectivity index (χ2n) is 4.81. The lowest BCUT2D eigenvalue weighted by Gasteiger charge is -2.29. The van der Waals surface area contributed by atoms with E-state index in [4.69, 9.17) is 5.73 Å². The minimum Gasteiger partial charge on any atom is -0.399 e. The van der Waals surface area contributed by atoms with Gasteiger partial charge in [-0.25, -0.2) is 4.98 Å². The van der Waals surface area contributed by atoms with E-state index in [0.717, 1.165) is 34.3 Å². The molecular weight excluding hydrogens is 318 g/mol. The Morgan fingerprint density at radius 3 is 2.90 bits per heavy atom. The van der Waals surface area contributed by atoms with E-state index in [1.807, 2.05) is 24.3 Å². The molecule has 1 aliphatic rings.